The van der Waals surface area contributed by atoms with Crippen LogP contribution in [-0.4, -0.2) is 25.1 Å². The molecule has 2 aromatic carbocycles. The van der Waals surface area contributed by atoms with Gasteiger partial charge in [-0.1, -0.05) is 36.4 Å². The molecule has 0 unspecified atom stereocenters. The van der Waals surface area contributed by atoms with Gasteiger partial charge in [-0.25, -0.2) is 4.79 Å². The summed E-state index contributed by atoms with van der Waals surface area (Å²) < 4.78 is 22.1. The Bertz CT molecular complexity index is 1190. The van der Waals surface area contributed by atoms with E-state index in [4.69, 9.17) is 18.3 Å². The van der Waals surface area contributed by atoms with Crippen molar-refractivity contribution < 1.29 is 27.9 Å². The van der Waals surface area contributed by atoms with E-state index in [1.165, 1.54) is 0 Å². The zero-order valence-electron chi connectivity index (χ0n) is 17.3. The second kappa shape index (κ2) is 9.06. The highest BCUT2D eigenvalue weighted by Crippen LogP contribution is 2.27. The number of benzene rings is 2. The first-order valence-corrected chi connectivity index (χ1v) is 10.1. The zero-order chi connectivity index (χ0) is 21.8. The van der Waals surface area contributed by atoms with E-state index in [1.807, 2.05) is 55.5 Å². The van der Waals surface area contributed by atoms with Crippen molar-refractivity contribution in [2.24, 2.45) is 0 Å². The van der Waals surface area contributed by atoms with Crippen LogP contribution in [0.4, 0.5) is 0 Å². The van der Waals surface area contributed by atoms with Gasteiger partial charge in [-0.3, -0.25) is 4.79 Å². The SMILES string of the molecule is CCOCc1c(C(=O)OCC(=O)N[C@@H](C)c2cc3ccccc3o2)oc2ccccc12. The molecule has 0 bridgehead atoms. The number of para-hydroxylation sites is 2. The third kappa shape index (κ3) is 4.46. The van der Waals surface area contributed by atoms with E-state index < -0.39 is 18.5 Å². The Hall–Kier alpha value is -3.58. The summed E-state index contributed by atoms with van der Waals surface area (Å²) in [6, 6.07) is 16.4. The van der Waals surface area contributed by atoms with Crippen molar-refractivity contribution in [2.45, 2.75) is 26.5 Å². The predicted octanol–water partition coefficient (Wildman–Crippen LogP) is 4.75. The average Bonchev–Trinajstić information content (AvgIpc) is 3.37. The normalized spacial score (nSPS) is 12.2. The third-order valence-electron chi connectivity index (χ3n) is 4.92. The molecule has 0 radical (unpaired) electrons. The molecule has 2 aromatic heterocycles. The molecule has 1 amide bonds. The molecule has 0 saturated heterocycles. The van der Waals surface area contributed by atoms with Crippen LogP contribution in [0.2, 0.25) is 0 Å². The molecule has 0 saturated carbocycles. The molecule has 0 aliphatic heterocycles. The molecule has 160 valence electrons. The molecule has 0 aliphatic rings. The Morgan fingerprint density at radius 3 is 2.55 bits per heavy atom. The van der Waals surface area contributed by atoms with Gasteiger partial charge in [-0.15, -0.1) is 0 Å². The lowest BCUT2D eigenvalue weighted by Crippen LogP contribution is -2.31. The highest BCUT2D eigenvalue weighted by Gasteiger charge is 2.23. The van der Waals surface area contributed by atoms with Crippen LogP contribution >= 0.6 is 0 Å². The first kappa shape index (κ1) is 20.7. The molecule has 0 spiro atoms. The summed E-state index contributed by atoms with van der Waals surface area (Å²) >= 11 is 0. The molecule has 1 atom stereocenters. The second-order valence-corrected chi connectivity index (χ2v) is 7.09. The summed E-state index contributed by atoms with van der Waals surface area (Å²) in [5.74, 6) is -0.480. The lowest BCUT2D eigenvalue weighted by molar-refractivity contribution is -0.125. The number of hydrogen-bond donors (Lipinski definition) is 1. The van der Waals surface area contributed by atoms with Gasteiger partial charge >= 0.3 is 5.97 Å². The van der Waals surface area contributed by atoms with Gasteiger partial charge in [0.2, 0.25) is 5.76 Å². The quantitative estimate of drug-likeness (QED) is 0.413. The maximum absolute atomic E-state index is 12.6. The van der Waals surface area contributed by atoms with E-state index in [1.54, 1.807) is 13.0 Å². The Kier molecular flexibility index (Phi) is 6.04. The van der Waals surface area contributed by atoms with Gasteiger partial charge in [0.1, 0.15) is 16.9 Å². The number of carbonyl (C=O) groups is 2. The zero-order valence-corrected chi connectivity index (χ0v) is 17.3. The van der Waals surface area contributed by atoms with Crippen LogP contribution in [0.1, 0.15) is 41.8 Å². The first-order chi connectivity index (χ1) is 15.1. The van der Waals surface area contributed by atoms with Crippen molar-refractivity contribution in [3.05, 3.63) is 71.7 Å². The highest BCUT2D eigenvalue weighted by atomic mass is 16.5. The fourth-order valence-corrected chi connectivity index (χ4v) is 3.38. The van der Waals surface area contributed by atoms with Crippen LogP contribution in [0.15, 0.2) is 63.4 Å². The molecule has 4 rings (SSSR count). The van der Waals surface area contributed by atoms with Crippen molar-refractivity contribution in [1.29, 1.82) is 0 Å². The maximum atomic E-state index is 12.6. The van der Waals surface area contributed by atoms with Crippen molar-refractivity contribution in [3.63, 3.8) is 0 Å². The maximum Gasteiger partial charge on any atom is 0.375 e. The van der Waals surface area contributed by atoms with Crippen molar-refractivity contribution in [2.75, 3.05) is 13.2 Å². The lowest BCUT2D eigenvalue weighted by Gasteiger charge is -2.11. The fraction of sp³-hybridized carbons (Fsp3) is 0.250. The van der Waals surface area contributed by atoms with Crippen LogP contribution in [0.3, 0.4) is 0 Å². The largest absolute Gasteiger partial charge is 0.459 e. The van der Waals surface area contributed by atoms with E-state index in [0.29, 0.717) is 23.5 Å². The molecular weight excluding hydrogens is 398 g/mol. The van der Waals surface area contributed by atoms with Gasteiger partial charge in [-0.2, -0.15) is 0 Å². The molecule has 7 heteroatoms. The number of nitrogens with one attached hydrogen (secondary N) is 1. The minimum Gasteiger partial charge on any atom is -0.459 e. The average molecular weight is 421 g/mol. The second-order valence-electron chi connectivity index (χ2n) is 7.09. The van der Waals surface area contributed by atoms with Gasteiger partial charge in [-0.05, 0) is 32.0 Å². The third-order valence-corrected chi connectivity index (χ3v) is 4.92. The Balaban J connectivity index is 1.40. The van der Waals surface area contributed by atoms with Gasteiger partial charge in [0.15, 0.2) is 6.61 Å². The molecule has 1 N–H and O–H groups in total. The number of esters is 1. The molecule has 0 aliphatic carbocycles. The number of rotatable bonds is 8. The Labute approximate surface area is 178 Å². The summed E-state index contributed by atoms with van der Waals surface area (Å²) in [6.07, 6.45) is 0. The first-order valence-electron chi connectivity index (χ1n) is 10.1. The molecule has 4 aromatic rings. The summed E-state index contributed by atoms with van der Waals surface area (Å²) in [4.78, 5) is 24.9. The Morgan fingerprint density at radius 2 is 1.77 bits per heavy atom. The summed E-state index contributed by atoms with van der Waals surface area (Å²) in [7, 11) is 0. The van der Waals surface area contributed by atoms with Crippen molar-refractivity contribution in [1.82, 2.24) is 5.32 Å². The van der Waals surface area contributed by atoms with Gasteiger partial charge < -0.3 is 23.6 Å². The Morgan fingerprint density at radius 1 is 1.03 bits per heavy atom. The van der Waals surface area contributed by atoms with Crippen LogP contribution in [0.25, 0.3) is 21.9 Å². The van der Waals surface area contributed by atoms with E-state index in [2.05, 4.69) is 5.32 Å². The standard InChI is InChI=1S/C24H23NO6/c1-3-28-13-18-17-9-5-7-11-20(17)31-23(18)24(27)29-14-22(26)25-15(2)21-12-16-8-4-6-10-19(16)30-21/h4-12,15H,3,13-14H2,1-2H3,(H,25,26)/t15-/m0/s1. The van der Waals surface area contributed by atoms with E-state index in [-0.39, 0.29) is 18.4 Å². The topological polar surface area (TPSA) is 90.9 Å². The molecule has 7 nitrogen and oxygen atoms in total. The van der Waals surface area contributed by atoms with E-state index in [9.17, 15) is 9.59 Å². The number of furan rings is 2. The van der Waals surface area contributed by atoms with Crippen molar-refractivity contribution in [3.8, 4) is 0 Å². The van der Waals surface area contributed by atoms with Crippen molar-refractivity contribution >= 4 is 33.8 Å². The molecule has 2 heterocycles. The minimum atomic E-state index is -0.711. The highest BCUT2D eigenvalue weighted by molar-refractivity contribution is 5.96. The van der Waals surface area contributed by atoms with Crippen LogP contribution in [0.5, 0.6) is 0 Å². The molecule has 0 fully saturated rings. The van der Waals surface area contributed by atoms with E-state index in [0.717, 1.165) is 16.4 Å². The predicted molar refractivity (Wildman–Crippen MR) is 115 cm³/mol. The molecular formula is C24H23NO6. The number of hydrogen-bond acceptors (Lipinski definition) is 6. The van der Waals surface area contributed by atoms with Gasteiger partial charge in [0.05, 0.1) is 12.6 Å². The fourth-order valence-electron chi connectivity index (χ4n) is 3.38. The lowest BCUT2D eigenvalue weighted by atomic mass is 10.1. The molecule has 31 heavy (non-hydrogen) atoms. The summed E-state index contributed by atoms with van der Waals surface area (Å²) in [5.41, 5.74) is 1.92. The minimum absolute atomic E-state index is 0.0489. The number of amides is 1. The number of ether oxygens (including phenoxy) is 2. The summed E-state index contributed by atoms with van der Waals surface area (Å²) in [6.45, 7) is 3.95. The van der Waals surface area contributed by atoms with E-state index >= 15 is 0 Å². The number of carbonyl (C=O) groups excluding carboxylic acids is 2. The summed E-state index contributed by atoms with van der Waals surface area (Å²) in [5, 5.41) is 4.51. The van der Waals surface area contributed by atoms with Gasteiger partial charge in [0, 0.05) is 22.9 Å². The van der Waals surface area contributed by atoms with Crippen LogP contribution in [-0.2, 0) is 20.9 Å². The van der Waals surface area contributed by atoms with Crippen LogP contribution < -0.4 is 5.32 Å². The van der Waals surface area contributed by atoms with Crippen LogP contribution in [0, 0.1) is 0 Å². The number of fused-ring (bicyclic) bond motifs is 2. The smallest absolute Gasteiger partial charge is 0.375 e. The van der Waals surface area contributed by atoms with Gasteiger partial charge in [0.25, 0.3) is 5.91 Å². The monoisotopic (exact) mass is 421 g/mol.